The molecule has 0 rings (SSSR count). The van der Waals surface area contributed by atoms with Gasteiger partial charge in [-0.2, -0.15) is 8.42 Å². The Bertz CT molecular complexity index is 662. The van der Waals surface area contributed by atoms with Crippen LogP contribution >= 0.6 is 0 Å². The van der Waals surface area contributed by atoms with Gasteiger partial charge in [0.2, 0.25) is 5.91 Å². The highest BCUT2D eigenvalue weighted by atomic mass is 32.2. The summed E-state index contributed by atoms with van der Waals surface area (Å²) in [5.41, 5.74) is 0. The summed E-state index contributed by atoms with van der Waals surface area (Å²) in [6, 6.07) is 0. The summed E-state index contributed by atoms with van der Waals surface area (Å²) in [5.74, 6) is -0.0550. The Labute approximate surface area is 230 Å². The monoisotopic (exact) mass is 545 g/mol. The number of hydrogen-bond acceptors (Lipinski definition) is 3. The van der Waals surface area contributed by atoms with Crippen molar-refractivity contribution in [2.45, 2.75) is 135 Å². The maximum Gasteiger partial charge on any atom is 0.265 e. The summed E-state index contributed by atoms with van der Waals surface area (Å²) >= 11 is 0. The lowest BCUT2D eigenvalue weighted by Gasteiger charge is -2.29. The number of quaternary nitrogens is 1. The van der Waals surface area contributed by atoms with E-state index in [-0.39, 0.29) is 11.7 Å². The molecule has 0 saturated carbocycles. The first-order valence-electron chi connectivity index (χ1n) is 15.3. The summed E-state index contributed by atoms with van der Waals surface area (Å²) in [4.78, 5) is 12.0. The van der Waals surface area contributed by atoms with Crippen LogP contribution in [0.25, 0.3) is 0 Å². The number of amides is 1. The third-order valence-corrected chi connectivity index (χ3v) is 7.90. The van der Waals surface area contributed by atoms with Gasteiger partial charge in [-0.05, 0) is 32.1 Å². The molecule has 0 aromatic rings. The molecule has 0 radical (unpaired) electrons. The van der Waals surface area contributed by atoms with Gasteiger partial charge in [0.1, 0.15) is 0 Å². The summed E-state index contributed by atoms with van der Waals surface area (Å²) in [5, 5.41) is 3.00. The molecule has 7 heteroatoms. The molecule has 0 aromatic heterocycles. The summed E-state index contributed by atoms with van der Waals surface area (Å²) in [7, 11) is 0.207. The van der Waals surface area contributed by atoms with Gasteiger partial charge in [0.25, 0.3) is 10.1 Å². The lowest BCUT2D eigenvalue weighted by atomic mass is 10.1. The minimum Gasteiger partial charge on any atom is -0.356 e. The van der Waals surface area contributed by atoms with Crippen molar-refractivity contribution in [1.29, 1.82) is 0 Å². The van der Waals surface area contributed by atoms with Crippen LogP contribution in [0, 0.1) is 0 Å². The van der Waals surface area contributed by atoms with Crippen molar-refractivity contribution >= 4 is 16.0 Å². The molecular formula is C30H61N2O4S+. The number of allylic oxidation sites excluding steroid dienone is 2. The van der Waals surface area contributed by atoms with E-state index in [1.807, 2.05) is 14.1 Å². The van der Waals surface area contributed by atoms with Crippen molar-refractivity contribution in [2.24, 2.45) is 0 Å². The van der Waals surface area contributed by atoms with Gasteiger partial charge in [-0.1, -0.05) is 96.1 Å². The minimum atomic E-state index is -3.88. The van der Waals surface area contributed by atoms with E-state index in [9.17, 15) is 13.2 Å². The lowest BCUT2D eigenvalue weighted by molar-refractivity contribution is -0.890. The van der Waals surface area contributed by atoms with E-state index in [2.05, 4.69) is 24.4 Å². The average Bonchev–Trinajstić information content (AvgIpc) is 2.82. The molecule has 0 heterocycles. The molecule has 0 unspecified atom stereocenters. The van der Waals surface area contributed by atoms with Crippen molar-refractivity contribution in [2.75, 3.05) is 39.5 Å². The largest absolute Gasteiger partial charge is 0.356 e. The predicted octanol–water partition coefficient (Wildman–Crippen LogP) is 7.44. The molecule has 0 bridgehead atoms. The van der Waals surface area contributed by atoms with Crippen molar-refractivity contribution in [3.63, 3.8) is 0 Å². The minimum absolute atomic E-state index is 0.137. The summed E-state index contributed by atoms with van der Waals surface area (Å²) < 4.78 is 31.2. The van der Waals surface area contributed by atoms with E-state index in [0.29, 0.717) is 30.4 Å². The van der Waals surface area contributed by atoms with Crippen molar-refractivity contribution < 1.29 is 22.2 Å². The van der Waals surface area contributed by atoms with Crippen LogP contribution in [-0.4, -0.2) is 62.8 Å². The maximum atomic E-state index is 12.0. The molecule has 2 N–H and O–H groups in total. The molecule has 0 spiro atoms. The molecule has 0 aromatic carbocycles. The quantitative estimate of drug-likeness (QED) is 0.0486. The van der Waals surface area contributed by atoms with Gasteiger partial charge in [0, 0.05) is 25.8 Å². The number of nitrogens with zero attached hydrogens (tertiary/aromatic N) is 1. The molecule has 37 heavy (non-hydrogen) atoms. The van der Waals surface area contributed by atoms with E-state index in [0.717, 1.165) is 25.8 Å². The number of rotatable bonds is 27. The van der Waals surface area contributed by atoms with E-state index in [1.54, 1.807) is 0 Å². The standard InChI is InChI=1S/C30H60N2O4S/c1-4-5-6-7-8-9-10-11-12-13-14-15-16-17-18-19-20-21-22-25-30(33)31-26-23-27-32(2,3)28-24-29-37(34,35)36/h11-12H,4-10,13-29H2,1-3H3,(H-,31,33,34,35,36)/p+1. The van der Waals surface area contributed by atoms with Gasteiger partial charge in [-0.3, -0.25) is 9.35 Å². The molecular weight excluding hydrogens is 484 g/mol. The van der Waals surface area contributed by atoms with Crippen LogP contribution in [0.15, 0.2) is 12.2 Å². The number of carbonyl (C=O) groups excluding carboxylic acids is 1. The third kappa shape index (κ3) is 29.5. The second-order valence-corrected chi connectivity index (χ2v) is 13.0. The zero-order chi connectivity index (χ0) is 27.7. The number of unbranched alkanes of at least 4 members (excludes halogenated alkanes) is 15. The highest BCUT2D eigenvalue weighted by Crippen LogP contribution is 2.12. The molecule has 6 nitrogen and oxygen atoms in total. The van der Waals surface area contributed by atoms with Crippen LogP contribution in [0.3, 0.4) is 0 Å². The third-order valence-electron chi connectivity index (χ3n) is 7.09. The first-order valence-corrected chi connectivity index (χ1v) is 17.0. The normalized spacial score (nSPS) is 12.4. The zero-order valence-electron chi connectivity index (χ0n) is 24.7. The second kappa shape index (κ2) is 24.1. The number of nitrogens with one attached hydrogen (secondary N) is 1. The van der Waals surface area contributed by atoms with Gasteiger partial charge in [0.15, 0.2) is 0 Å². The van der Waals surface area contributed by atoms with Crippen molar-refractivity contribution in [3.8, 4) is 0 Å². The van der Waals surface area contributed by atoms with Crippen LogP contribution in [0.5, 0.6) is 0 Å². The van der Waals surface area contributed by atoms with Crippen molar-refractivity contribution in [1.82, 2.24) is 5.32 Å². The Morgan fingerprint density at radius 1 is 0.703 bits per heavy atom. The Balaban J connectivity index is 3.40. The van der Waals surface area contributed by atoms with Crippen LogP contribution in [0.2, 0.25) is 0 Å². The van der Waals surface area contributed by atoms with Crippen LogP contribution in [0.4, 0.5) is 0 Å². The SMILES string of the molecule is CCCCCCCCC=CCCCCCCCCCCCC(=O)NCCC[N+](C)(C)CCCS(=O)(=O)O. The Hall–Kier alpha value is -0.920. The predicted molar refractivity (Wildman–Crippen MR) is 158 cm³/mol. The highest BCUT2D eigenvalue weighted by molar-refractivity contribution is 7.85. The molecule has 0 saturated heterocycles. The Morgan fingerprint density at radius 3 is 1.68 bits per heavy atom. The molecule has 0 atom stereocenters. The summed E-state index contributed by atoms with van der Waals surface area (Å²) in [6.07, 6.45) is 28.8. The van der Waals surface area contributed by atoms with Crippen LogP contribution in [-0.2, 0) is 14.9 Å². The van der Waals surface area contributed by atoms with Crippen LogP contribution < -0.4 is 5.32 Å². The van der Waals surface area contributed by atoms with E-state index in [1.165, 1.54) is 96.3 Å². The lowest BCUT2D eigenvalue weighted by Crippen LogP contribution is -2.43. The fraction of sp³-hybridized carbons (Fsp3) is 0.900. The van der Waals surface area contributed by atoms with E-state index in [4.69, 9.17) is 4.55 Å². The molecule has 1 amide bonds. The van der Waals surface area contributed by atoms with Gasteiger partial charge in [-0.25, -0.2) is 0 Å². The fourth-order valence-corrected chi connectivity index (χ4v) is 5.17. The van der Waals surface area contributed by atoms with Gasteiger partial charge in [-0.15, -0.1) is 0 Å². The highest BCUT2D eigenvalue weighted by Gasteiger charge is 2.16. The first-order chi connectivity index (χ1) is 17.7. The maximum absolute atomic E-state index is 12.0. The fourth-order valence-electron chi connectivity index (χ4n) is 4.67. The second-order valence-electron chi connectivity index (χ2n) is 11.5. The average molecular weight is 546 g/mol. The van der Waals surface area contributed by atoms with Crippen molar-refractivity contribution in [3.05, 3.63) is 12.2 Å². The zero-order valence-corrected chi connectivity index (χ0v) is 25.5. The Kier molecular flexibility index (Phi) is 23.5. The molecule has 0 aliphatic rings. The topological polar surface area (TPSA) is 83.5 Å². The number of carbonyl (C=O) groups is 1. The van der Waals surface area contributed by atoms with E-state index < -0.39 is 10.1 Å². The van der Waals surface area contributed by atoms with Gasteiger partial charge < -0.3 is 9.80 Å². The smallest absolute Gasteiger partial charge is 0.265 e. The summed E-state index contributed by atoms with van der Waals surface area (Å²) in [6.45, 7) is 4.48. The van der Waals surface area contributed by atoms with Gasteiger partial charge >= 0.3 is 0 Å². The Morgan fingerprint density at radius 2 is 1.16 bits per heavy atom. The molecule has 0 aliphatic carbocycles. The van der Waals surface area contributed by atoms with E-state index >= 15 is 0 Å². The van der Waals surface area contributed by atoms with Gasteiger partial charge in [0.05, 0.1) is 32.9 Å². The molecule has 0 fully saturated rings. The molecule has 0 aliphatic heterocycles. The van der Waals surface area contributed by atoms with Crippen LogP contribution in [0.1, 0.15) is 135 Å². The number of hydrogen-bond donors (Lipinski definition) is 2. The first kappa shape index (κ1) is 36.1. The molecule has 220 valence electrons.